The van der Waals surface area contributed by atoms with Gasteiger partial charge in [0.25, 0.3) is 5.91 Å². The van der Waals surface area contributed by atoms with E-state index >= 15 is 0 Å². The predicted molar refractivity (Wildman–Crippen MR) is 106 cm³/mol. The maximum atomic E-state index is 13.4. The first-order valence-electron chi connectivity index (χ1n) is 10.1. The third-order valence-corrected chi connectivity index (χ3v) is 5.82. The smallest absolute Gasteiger partial charge is 0.256 e. The first-order chi connectivity index (χ1) is 14.1. The summed E-state index contributed by atoms with van der Waals surface area (Å²) in [6, 6.07) is 14.4. The number of nitrogens with zero attached hydrogens (tertiary/aromatic N) is 1. The van der Waals surface area contributed by atoms with Gasteiger partial charge in [-0.15, -0.1) is 0 Å². The highest BCUT2D eigenvalue weighted by molar-refractivity contribution is 5.98. The molecule has 5 nitrogen and oxygen atoms in total. The van der Waals surface area contributed by atoms with Crippen LogP contribution in [0.2, 0.25) is 0 Å². The Morgan fingerprint density at radius 2 is 1.72 bits per heavy atom. The number of carbonyl (C=O) groups excluding carboxylic acids is 2. The van der Waals surface area contributed by atoms with Gasteiger partial charge in [0.2, 0.25) is 5.91 Å². The summed E-state index contributed by atoms with van der Waals surface area (Å²) < 4.78 is 19.2. The van der Waals surface area contributed by atoms with E-state index in [0.717, 1.165) is 37.7 Å². The lowest BCUT2D eigenvalue weighted by Gasteiger charge is -2.41. The minimum absolute atomic E-state index is 0.174. The van der Waals surface area contributed by atoms with Crippen molar-refractivity contribution in [2.75, 3.05) is 6.61 Å². The Bertz CT molecular complexity index is 863. The van der Waals surface area contributed by atoms with E-state index in [4.69, 9.17) is 4.74 Å². The van der Waals surface area contributed by atoms with Crippen LogP contribution < -0.4 is 5.32 Å². The molecule has 1 aliphatic carbocycles. The van der Waals surface area contributed by atoms with Gasteiger partial charge in [0, 0.05) is 12.1 Å². The highest BCUT2D eigenvalue weighted by atomic mass is 19.1. The summed E-state index contributed by atoms with van der Waals surface area (Å²) in [5.41, 5.74) is 0.648. The SMILES string of the molecule is O=C(NCc1ccc(F)cc1)[C@H]1COC2(CCCCC2)N1C(=O)c1ccccc1. The van der Waals surface area contributed by atoms with Crippen molar-refractivity contribution in [1.82, 2.24) is 10.2 Å². The molecule has 6 heteroatoms. The van der Waals surface area contributed by atoms with Crippen molar-refractivity contribution in [3.05, 3.63) is 71.5 Å². The molecule has 0 unspecified atom stereocenters. The molecule has 2 aromatic carbocycles. The second-order valence-corrected chi connectivity index (χ2v) is 7.72. The standard InChI is InChI=1S/C23H25FN2O3/c24-19-11-9-17(10-12-19)15-25-21(27)20-16-29-23(13-5-2-6-14-23)26(20)22(28)18-7-3-1-4-8-18/h1,3-4,7-12,20H,2,5-6,13-16H2,(H,25,27)/t20-/m1/s1. The van der Waals surface area contributed by atoms with Gasteiger partial charge in [0.15, 0.2) is 0 Å². The third kappa shape index (κ3) is 4.03. The summed E-state index contributed by atoms with van der Waals surface area (Å²) in [5, 5.41) is 2.88. The number of ether oxygens (including phenoxy) is 1. The fraction of sp³-hybridized carbons (Fsp3) is 0.391. The van der Waals surface area contributed by atoms with Crippen molar-refractivity contribution in [2.24, 2.45) is 0 Å². The molecule has 1 heterocycles. The molecule has 1 saturated carbocycles. The van der Waals surface area contributed by atoms with E-state index in [-0.39, 0.29) is 30.8 Å². The highest BCUT2D eigenvalue weighted by Crippen LogP contribution is 2.41. The highest BCUT2D eigenvalue weighted by Gasteiger charge is 2.52. The van der Waals surface area contributed by atoms with E-state index in [1.165, 1.54) is 12.1 Å². The van der Waals surface area contributed by atoms with Crippen LogP contribution in [0.4, 0.5) is 4.39 Å². The van der Waals surface area contributed by atoms with Crippen molar-refractivity contribution in [2.45, 2.75) is 50.4 Å². The topological polar surface area (TPSA) is 58.6 Å². The zero-order valence-corrected chi connectivity index (χ0v) is 16.3. The number of carbonyl (C=O) groups is 2. The summed E-state index contributed by atoms with van der Waals surface area (Å²) in [4.78, 5) is 28.0. The van der Waals surface area contributed by atoms with Gasteiger partial charge in [-0.25, -0.2) is 4.39 Å². The van der Waals surface area contributed by atoms with Gasteiger partial charge in [-0.2, -0.15) is 0 Å². The van der Waals surface area contributed by atoms with Crippen LogP contribution in [0.15, 0.2) is 54.6 Å². The Labute approximate surface area is 169 Å². The van der Waals surface area contributed by atoms with Crippen LogP contribution in [0.25, 0.3) is 0 Å². The summed E-state index contributed by atoms with van der Waals surface area (Å²) in [6.07, 6.45) is 4.55. The average molecular weight is 396 g/mol. The normalized spacial score (nSPS) is 20.6. The summed E-state index contributed by atoms with van der Waals surface area (Å²) in [6.45, 7) is 0.462. The molecule has 4 rings (SSSR count). The Hall–Kier alpha value is -2.73. The molecule has 1 spiro atoms. The van der Waals surface area contributed by atoms with Gasteiger partial charge < -0.3 is 10.1 Å². The first kappa shape index (κ1) is 19.6. The average Bonchev–Trinajstić information content (AvgIpc) is 3.12. The molecular formula is C23H25FN2O3. The summed E-state index contributed by atoms with van der Waals surface area (Å²) >= 11 is 0. The fourth-order valence-electron chi connectivity index (χ4n) is 4.30. The van der Waals surface area contributed by atoms with Gasteiger partial charge in [-0.3, -0.25) is 14.5 Å². The monoisotopic (exact) mass is 396 g/mol. The molecule has 0 radical (unpaired) electrons. The van der Waals surface area contributed by atoms with Crippen molar-refractivity contribution < 1.29 is 18.7 Å². The number of rotatable bonds is 4. The third-order valence-electron chi connectivity index (χ3n) is 5.82. The van der Waals surface area contributed by atoms with E-state index in [1.54, 1.807) is 29.2 Å². The molecule has 152 valence electrons. The summed E-state index contributed by atoms with van der Waals surface area (Å²) in [7, 11) is 0. The Balaban J connectivity index is 1.54. The molecule has 1 saturated heterocycles. The molecule has 0 aromatic heterocycles. The second-order valence-electron chi connectivity index (χ2n) is 7.72. The van der Waals surface area contributed by atoms with E-state index in [0.29, 0.717) is 5.56 Å². The van der Waals surface area contributed by atoms with Crippen molar-refractivity contribution >= 4 is 11.8 Å². The van der Waals surface area contributed by atoms with E-state index in [1.807, 2.05) is 18.2 Å². The Morgan fingerprint density at radius 3 is 2.41 bits per heavy atom. The lowest BCUT2D eigenvalue weighted by molar-refractivity contribution is -0.127. The molecule has 2 aromatic rings. The van der Waals surface area contributed by atoms with E-state index < -0.39 is 11.8 Å². The molecule has 1 N–H and O–H groups in total. The molecule has 1 atom stereocenters. The Morgan fingerprint density at radius 1 is 1.03 bits per heavy atom. The maximum Gasteiger partial charge on any atom is 0.256 e. The lowest BCUT2D eigenvalue weighted by Crippen LogP contribution is -2.56. The number of nitrogens with one attached hydrogen (secondary N) is 1. The zero-order valence-electron chi connectivity index (χ0n) is 16.3. The molecule has 0 bridgehead atoms. The number of hydrogen-bond donors (Lipinski definition) is 1. The van der Waals surface area contributed by atoms with Crippen LogP contribution in [0, 0.1) is 5.82 Å². The van der Waals surface area contributed by atoms with Gasteiger partial charge in [0.05, 0.1) is 6.61 Å². The van der Waals surface area contributed by atoms with Crippen LogP contribution in [-0.4, -0.2) is 35.1 Å². The van der Waals surface area contributed by atoms with E-state index in [9.17, 15) is 14.0 Å². The van der Waals surface area contributed by atoms with Crippen molar-refractivity contribution in [3.63, 3.8) is 0 Å². The van der Waals surface area contributed by atoms with Crippen molar-refractivity contribution in [3.8, 4) is 0 Å². The number of amides is 2. The Kier molecular flexibility index (Phi) is 5.62. The van der Waals surface area contributed by atoms with Gasteiger partial charge in [0.1, 0.15) is 17.6 Å². The molecule has 2 fully saturated rings. The molecular weight excluding hydrogens is 371 g/mol. The first-order valence-corrected chi connectivity index (χ1v) is 10.1. The second kappa shape index (κ2) is 8.33. The maximum absolute atomic E-state index is 13.4. The number of benzene rings is 2. The van der Waals surface area contributed by atoms with Crippen LogP contribution in [0.1, 0.15) is 48.0 Å². The van der Waals surface area contributed by atoms with Crippen LogP contribution in [0.5, 0.6) is 0 Å². The molecule has 1 aliphatic heterocycles. The van der Waals surface area contributed by atoms with Gasteiger partial charge in [-0.05, 0) is 55.5 Å². The molecule has 29 heavy (non-hydrogen) atoms. The molecule has 2 aliphatic rings. The summed E-state index contributed by atoms with van der Waals surface area (Å²) in [5.74, 6) is -0.740. The number of hydrogen-bond acceptors (Lipinski definition) is 3. The minimum Gasteiger partial charge on any atom is -0.353 e. The molecule has 2 amide bonds. The van der Waals surface area contributed by atoms with Crippen LogP contribution >= 0.6 is 0 Å². The van der Waals surface area contributed by atoms with Crippen LogP contribution in [0.3, 0.4) is 0 Å². The predicted octanol–water partition coefficient (Wildman–Crippen LogP) is 3.64. The zero-order chi connectivity index (χ0) is 20.3. The number of halogens is 1. The minimum atomic E-state index is -0.705. The van der Waals surface area contributed by atoms with E-state index in [2.05, 4.69) is 5.32 Å². The largest absolute Gasteiger partial charge is 0.353 e. The van der Waals surface area contributed by atoms with Gasteiger partial charge >= 0.3 is 0 Å². The van der Waals surface area contributed by atoms with Crippen molar-refractivity contribution in [1.29, 1.82) is 0 Å². The van der Waals surface area contributed by atoms with Gasteiger partial charge in [-0.1, -0.05) is 36.8 Å². The quantitative estimate of drug-likeness (QED) is 0.858. The lowest BCUT2D eigenvalue weighted by atomic mass is 9.89. The fourth-order valence-corrected chi connectivity index (χ4v) is 4.30. The van der Waals surface area contributed by atoms with Crippen LogP contribution in [-0.2, 0) is 16.1 Å².